The lowest BCUT2D eigenvalue weighted by atomic mass is 9.90. The van der Waals surface area contributed by atoms with Crippen molar-refractivity contribution in [2.45, 2.75) is 51.6 Å². The molecule has 2 saturated heterocycles. The van der Waals surface area contributed by atoms with Gasteiger partial charge in [-0.1, -0.05) is 26.7 Å². The molecule has 0 aliphatic carbocycles. The third-order valence-corrected chi connectivity index (χ3v) is 3.64. The van der Waals surface area contributed by atoms with Gasteiger partial charge in [0, 0.05) is 7.11 Å². The lowest BCUT2D eigenvalue weighted by Crippen LogP contribution is -2.27. The summed E-state index contributed by atoms with van der Waals surface area (Å²) in [5, 5.41) is 0. The first-order chi connectivity index (χ1) is 7.69. The number of hydrogen-bond donors (Lipinski definition) is 0. The van der Waals surface area contributed by atoms with Crippen molar-refractivity contribution < 1.29 is 19.0 Å². The third-order valence-electron chi connectivity index (χ3n) is 3.64. The zero-order valence-corrected chi connectivity index (χ0v) is 10.1. The van der Waals surface area contributed by atoms with Crippen molar-refractivity contribution in [2.24, 2.45) is 11.8 Å². The van der Waals surface area contributed by atoms with E-state index in [2.05, 4.69) is 6.92 Å². The number of rotatable bonds is 4. The van der Waals surface area contributed by atoms with Crippen molar-refractivity contribution in [3.63, 3.8) is 0 Å². The molecular weight excluding hydrogens is 208 g/mol. The predicted molar refractivity (Wildman–Crippen MR) is 57.7 cm³/mol. The van der Waals surface area contributed by atoms with E-state index in [9.17, 15) is 4.79 Å². The minimum absolute atomic E-state index is 0.0174. The average molecular weight is 228 g/mol. The lowest BCUT2D eigenvalue weighted by Gasteiger charge is -2.16. The molecule has 4 heteroatoms. The van der Waals surface area contributed by atoms with Crippen LogP contribution in [0, 0.1) is 11.8 Å². The number of carbonyl (C=O) groups excluding carboxylic acids is 1. The van der Waals surface area contributed by atoms with Crippen LogP contribution in [0.4, 0.5) is 0 Å². The first-order valence-electron chi connectivity index (χ1n) is 6.07. The first-order valence-corrected chi connectivity index (χ1v) is 6.07. The minimum Gasteiger partial charge on any atom is -0.459 e. The van der Waals surface area contributed by atoms with Crippen molar-refractivity contribution >= 4 is 5.97 Å². The number of methoxy groups -OCH3 is 1. The highest BCUT2D eigenvalue weighted by Gasteiger charge is 2.55. The van der Waals surface area contributed by atoms with Crippen LogP contribution in [0.25, 0.3) is 0 Å². The second-order valence-corrected chi connectivity index (χ2v) is 4.69. The molecule has 0 radical (unpaired) electrons. The standard InChI is InChI=1S/C12H20O4/c1-4-5-6-8-10-9(12(14-3)15-8)7(2)11(13)16-10/h7-10,12H,4-6H2,1-3H3/t7-,8-,9+,10+,12+/m1/s1. The highest BCUT2D eigenvalue weighted by molar-refractivity contribution is 5.75. The zero-order chi connectivity index (χ0) is 11.7. The van der Waals surface area contributed by atoms with E-state index < -0.39 is 0 Å². The molecular formula is C12H20O4. The Morgan fingerprint density at radius 3 is 2.81 bits per heavy atom. The Bertz CT molecular complexity index is 266. The predicted octanol–water partition coefficient (Wildman–Crippen LogP) is 1.73. The molecule has 4 nitrogen and oxygen atoms in total. The molecule has 2 aliphatic heterocycles. The summed E-state index contributed by atoms with van der Waals surface area (Å²) in [5.74, 6) is -0.150. The van der Waals surface area contributed by atoms with E-state index in [1.165, 1.54) is 0 Å². The van der Waals surface area contributed by atoms with Crippen molar-refractivity contribution in [3.8, 4) is 0 Å². The normalized spacial score (nSPS) is 42.2. The third kappa shape index (κ3) is 1.84. The molecule has 5 atom stereocenters. The summed E-state index contributed by atoms with van der Waals surface area (Å²) < 4.78 is 16.5. The van der Waals surface area contributed by atoms with E-state index in [0.717, 1.165) is 19.3 Å². The maximum Gasteiger partial charge on any atom is 0.309 e. The molecule has 0 amide bonds. The molecule has 16 heavy (non-hydrogen) atoms. The van der Waals surface area contributed by atoms with Gasteiger partial charge in [0.15, 0.2) is 6.29 Å². The van der Waals surface area contributed by atoms with Crippen LogP contribution in [0.2, 0.25) is 0 Å². The summed E-state index contributed by atoms with van der Waals surface area (Å²) in [6, 6.07) is 0. The number of esters is 1. The number of carbonyl (C=O) groups is 1. The molecule has 0 unspecified atom stereocenters. The molecule has 0 spiro atoms. The van der Waals surface area contributed by atoms with Crippen LogP contribution in [-0.2, 0) is 19.0 Å². The highest BCUT2D eigenvalue weighted by Crippen LogP contribution is 2.42. The van der Waals surface area contributed by atoms with E-state index in [1.54, 1.807) is 7.11 Å². The van der Waals surface area contributed by atoms with Gasteiger partial charge in [-0.2, -0.15) is 0 Å². The van der Waals surface area contributed by atoms with Gasteiger partial charge in [0.25, 0.3) is 0 Å². The molecule has 0 aromatic rings. The fraction of sp³-hybridized carbons (Fsp3) is 0.917. The van der Waals surface area contributed by atoms with Gasteiger partial charge in [-0.05, 0) is 6.42 Å². The first kappa shape index (κ1) is 11.9. The summed E-state index contributed by atoms with van der Waals surface area (Å²) >= 11 is 0. The SMILES string of the molecule is CCCC[C@H]1O[C@H](OC)[C@@H]2[C@H]1OC(=O)[C@@H]2C. The molecule has 0 N–H and O–H groups in total. The van der Waals surface area contributed by atoms with Crippen LogP contribution in [0.3, 0.4) is 0 Å². The molecule has 0 aromatic heterocycles. The van der Waals surface area contributed by atoms with Gasteiger partial charge in [0.05, 0.1) is 17.9 Å². The second-order valence-electron chi connectivity index (χ2n) is 4.69. The highest BCUT2D eigenvalue weighted by atomic mass is 16.7. The van der Waals surface area contributed by atoms with Crippen LogP contribution in [0.1, 0.15) is 33.1 Å². The van der Waals surface area contributed by atoms with Gasteiger partial charge in [0.2, 0.25) is 0 Å². The number of ether oxygens (including phenoxy) is 3. The quantitative estimate of drug-likeness (QED) is 0.687. The topological polar surface area (TPSA) is 44.8 Å². The van der Waals surface area contributed by atoms with E-state index in [4.69, 9.17) is 14.2 Å². The zero-order valence-electron chi connectivity index (χ0n) is 10.1. The molecule has 0 bridgehead atoms. The number of fused-ring (bicyclic) bond motifs is 1. The Morgan fingerprint density at radius 2 is 2.19 bits per heavy atom. The fourth-order valence-electron chi connectivity index (χ4n) is 2.67. The Balaban J connectivity index is 2.06. The van der Waals surface area contributed by atoms with Crippen molar-refractivity contribution in [3.05, 3.63) is 0 Å². The molecule has 2 heterocycles. The Labute approximate surface area is 96.2 Å². The monoisotopic (exact) mass is 228 g/mol. The smallest absolute Gasteiger partial charge is 0.309 e. The number of hydrogen-bond acceptors (Lipinski definition) is 4. The minimum atomic E-state index is -0.284. The summed E-state index contributed by atoms with van der Waals surface area (Å²) in [6.45, 7) is 4.04. The van der Waals surface area contributed by atoms with E-state index in [1.807, 2.05) is 6.92 Å². The van der Waals surface area contributed by atoms with Gasteiger partial charge >= 0.3 is 5.97 Å². The van der Waals surface area contributed by atoms with Gasteiger partial charge in [-0.25, -0.2) is 0 Å². The van der Waals surface area contributed by atoms with Crippen LogP contribution >= 0.6 is 0 Å². The van der Waals surface area contributed by atoms with Crippen molar-refractivity contribution in [1.82, 2.24) is 0 Å². The van der Waals surface area contributed by atoms with E-state index in [-0.39, 0.29) is 36.3 Å². The van der Waals surface area contributed by atoms with E-state index >= 15 is 0 Å². The van der Waals surface area contributed by atoms with Gasteiger partial charge in [0.1, 0.15) is 6.10 Å². The molecule has 0 aromatic carbocycles. The summed E-state index contributed by atoms with van der Waals surface area (Å²) in [4.78, 5) is 11.5. The van der Waals surface area contributed by atoms with Gasteiger partial charge < -0.3 is 14.2 Å². The summed E-state index contributed by atoms with van der Waals surface area (Å²) in [5.41, 5.74) is 0. The molecule has 92 valence electrons. The fourth-order valence-corrected chi connectivity index (χ4v) is 2.67. The van der Waals surface area contributed by atoms with Crippen LogP contribution in [-0.4, -0.2) is 31.6 Å². The maximum absolute atomic E-state index is 11.5. The summed E-state index contributed by atoms with van der Waals surface area (Å²) in [6.07, 6.45) is 2.79. The Hall–Kier alpha value is -0.610. The van der Waals surface area contributed by atoms with Crippen molar-refractivity contribution in [1.29, 1.82) is 0 Å². The molecule has 2 fully saturated rings. The molecule has 2 aliphatic rings. The van der Waals surface area contributed by atoms with Crippen LogP contribution in [0.5, 0.6) is 0 Å². The lowest BCUT2D eigenvalue weighted by molar-refractivity contribution is -0.162. The molecule has 0 saturated carbocycles. The second kappa shape index (κ2) is 4.72. The number of unbranched alkanes of at least 4 members (excludes halogenated alkanes) is 1. The summed E-state index contributed by atoms with van der Waals surface area (Å²) in [7, 11) is 1.62. The van der Waals surface area contributed by atoms with Gasteiger partial charge in [-0.15, -0.1) is 0 Å². The maximum atomic E-state index is 11.5. The van der Waals surface area contributed by atoms with Gasteiger partial charge in [-0.3, -0.25) is 4.79 Å². The Kier molecular flexibility index (Phi) is 3.50. The van der Waals surface area contributed by atoms with E-state index in [0.29, 0.717) is 0 Å². The average Bonchev–Trinajstić information content (AvgIpc) is 2.76. The van der Waals surface area contributed by atoms with Crippen molar-refractivity contribution in [2.75, 3.05) is 7.11 Å². The van der Waals surface area contributed by atoms with Crippen LogP contribution < -0.4 is 0 Å². The Morgan fingerprint density at radius 1 is 1.44 bits per heavy atom. The molecule has 2 rings (SSSR count). The largest absolute Gasteiger partial charge is 0.459 e. The van der Waals surface area contributed by atoms with Crippen LogP contribution in [0.15, 0.2) is 0 Å².